The van der Waals surface area contributed by atoms with Gasteiger partial charge in [0, 0.05) is 12.2 Å². The van der Waals surface area contributed by atoms with Crippen molar-refractivity contribution < 1.29 is 19.1 Å². The summed E-state index contributed by atoms with van der Waals surface area (Å²) in [6, 6.07) is 7.19. The van der Waals surface area contributed by atoms with Crippen molar-refractivity contribution >= 4 is 17.6 Å². The molecule has 0 spiro atoms. The highest BCUT2D eigenvalue weighted by molar-refractivity contribution is 5.91. The first-order valence-electron chi connectivity index (χ1n) is 13.2. The second-order valence-electron chi connectivity index (χ2n) is 8.93. The van der Waals surface area contributed by atoms with Gasteiger partial charge in [-0.2, -0.15) is 0 Å². The number of hydrogen-bond acceptors (Lipinski definition) is 5. The van der Waals surface area contributed by atoms with E-state index in [9.17, 15) is 9.59 Å². The molecule has 1 N–H and O–H groups in total. The van der Waals surface area contributed by atoms with Gasteiger partial charge in [0.05, 0.1) is 12.7 Å². The summed E-state index contributed by atoms with van der Waals surface area (Å²) in [5.74, 6) is -1.04. The zero-order valence-corrected chi connectivity index (χ0v) is 21.3. The Morgan fingerprint density at radius 2 is 1.24 bits per heavy atom. The maximum atomic E-state index is 12.2. The zero-order valence-electron chi connectivity index (χ0n) is 21.3. The van der Waals surface area contributed by atoms with Gasteiger partial charge in [-0.25, -0.2) is 9.59 Å². The number of carbonyl (C=O) groups is 2. The largest absolute Gasteiger partial charge is 0.466 e. The second kappa shape index (κ2) is 19.4. The van der Waals surface area contributed by atoms with Crippen molar-refractivity contribution in [3.8, 4) is 0 Å². The molecule has 0 amide bonds. The number of benzene rings is 1. The summed E-state index contributed by atoms with van der Waals surface area (Å²) >= 11 is 0. The summed E-state index contributed by atoms with van der Waals surface area (Å²) < 4.78 is 9.89. The van der Waals surface area contributed by atoms with Crippen LogP contribution < -0.4 is 5.32 Å². The third-order valence-corrected chi connectivity index (χ3v) is 6.06. The van der Waals surface area contributed by atoms with Crippen LogP contribution >= 0.6 is 0 Å². The molecule has 1 aromatic rings. The molecule has 0 saturated carbocycles. The van der Waals surface area contributed by atoms with Crippen LogP contribution in [0.3, 0.4) is 0 Å². The standard InChI is InChI=1S/C28H47NO4/c1-4-6-7-8-9-10-11-12-13-14-15-16-17-18-23-29-25-21-19-24(20-22-25)27(30)33-26(5-2)28(31)32-3/h19-22,26,29H,4-18,23H2,1-3H3. The molecule has 5 heteroatoms. The highest BCUT2D eigenvalue weighted by Gasteiger charge is 2.22. The van der Waals surface area contributed by atoms with E-state index >= 15 is 0 Å². The lowest BCUT2D eigenvalue weighted by molar-refractivity contribution is -0.151. The Hall–Kier alpha value is -2.04. The summed E-state index contributed by atoms with van der Waals surface area (Å²) in [5.41, 5.74) is 1.42. The van der Waals surface area contributed by atoms with Gasteiger partial charge in [-0.1, -0.05) is 97.3 Å². The van der Waals surface area contributed by atoms with Crippen molar-refractivity contribution in [3.63, 3.8) is 0 Å². The summed E-state index contributed by atoms with van der Waals surface area (Å²) in [4.78, 5) is 23.8. The van der Waals surface area contributed by atoms with Crippen LogP contribution in [0, 0.1) is 0 Å². The van der Waals surface area contributed by atoms with E-state index in [-0.39, 0.29) is 0 Å². The van der Waals surface area contributed by atoms with Gasteiger partial charge in [0.2, 0.25) is 0 Å². The number of hydrogen-bond donors (Lipinski definition) is 1. The fourth-order valence-corrected chi connectivity index (χ4v) is 3.90. The van der Waals surface area contributed by atoms with Gasteiger partial charge in [-0.05, 0) is 37.1 Å². The first-order valence-corrected chi connectivity index (χ1v) is 13.2. The molecule has 188 valence electrons. The number of unbranched alkanes of at least 4 members (excludes halogenated alkanes) is 13. The van der Waals surface area contributed by atoms with E-state index in [1.807, 2.05) is 12.1 Å². The molecule has 1 aromatic carbocycles. The van der Waals surface area contributed by atoms with Gasteiger partial charge < -0.3 is 14.8 Å². The molecular formula is C28H47NO4. The van der Waals surface area contributed by atoms with Gasteiger partial charge in [0.1, 0.15) is 0 Å². The molecular weight excluding hydrogens is 414 g/mol. The molecule has 33 heavy (non-hydrogen) atoms. The Morgan fingerprint density at radius 3 is 1.70 bits per heavy atom. The number of carbonyl (C=O) groups excluding carboxylic acids is 2. The van der Waals surface area contributed by atoms with Crippen LogP contribution in [0.15, 0.2) is 24.3 Å². The first kappa shape index (κ1) is 29.0. The number of esters is 2. The van der Waals surface area contributed by atoms with Gasteiger partial charge in [-0.15, -0.1) is 0 Å². The van der Waals surface area contributed by atoms with Gasteiger partial charge in [0.25, 0.3) is 0 Å². The number of methoxy groups -OCH3 is 1. The minimum Gasteiger partial charge on any atom is -0.466 e. The van der Waals surface area contributed by atoms with E-state index in [1.54, 1.807) is 19.1 Å². The molecule has 0 aliphatic rings. The third kappa shape index (κ3) is 14.0. The van der Waals surface area contributed by atoms with Crippen LogP contribution in [0.1, 0.15) is 121 Å². The smallest absolute Gasteiger partial charge is 0.347 e. The Kier molecular flexibility index (Phi) is 17.1. The minimum absolute atomic E-state index is 0.386. The maximum Gasteiger partial charge on any atom is 0.347 e. The number of anilines is 1. The molecule has 0 bridgehead atoms. The minimum atomic E-state index is -0.861. The predicted molar refractivity (Wildman–Crippen MR) is 137 cm³/mol. The van der Waals surface area contributed by atoms with Crippen LogP contribution in [0.5, 0.6) is 0 Å². The van der Waals surface area contributed by atoms with Crippen molar-refractivity contribution in [3.05, 3.63) is 29.8 Å². The average molecular weight is 462 g/mol. The third-order valence-electron chi connectivity index (χ3n) is 6.06. The molecule has 0 aromatic heterocycles. The van der Waals surface area contributed by atoms with Gasteiger partial charge >= 0.3 is 11.9 Å². The Labute approximate surface area is 202 Å². The Balaban J connectivity index is 2.04. The quantitative estimate of drug-likeness (QED) is 0.159. The fourth-order valence-electron chi connectivity index (χ4n) is 3.90. The van der Waals surface area contributed by atoms with Crippen LogP contribution in [-0.2, 0) is 14.3 Å². The van der Waals surface area contributed by atoms with E-state index in [0.717, 1.165) is 18.7 Å². The molecule has 0 heterocycles. The molecule has 0 fully saturated rings. The molecule has 1 rings (SSSR count). The van der Waals surface area contributed by atoms with E-state index in [0.29, 0.717) is 12.0 Å². The van der Waals surface area contributed by atoms with Crippen LogP contribution in [0.25, 0.3) is 0 Å². The lowest BCUT2D eigenvalue weighted by atomic mass is 10.0. The SMILES string of the molecule is CCCCCCCCCCCCCCCCNc1ccc(C(=O)OC(CC)C(=O)OC)cc1. The molecule has 1 atom stereocenters. The topological polar surface area (TPSA) is 64.6 Å². The van der Waals surface area contributed by atoms with Crippen molar-refractivity contribution in [1.29, 1.82) is 0 Å². The summed E-state index contributed by atoms with van der Waals surface area (Å²) in [7, 11) is 1.29. The van der Waals surface area contributed by atoms with Crippen molar-refractivity contribution in [2.24, 2.45) is 0 Å². The van der Waals surface area contributed by atoms with E-state index in [4.69, 9.17) is 4.74 Å². The summed E-state index contributed by atoms with van der Waals surface area (Å²) in [5, 5.41) is 3.41. The van der Waals surface area contributed by atoms with Gasteiger partial charge in [0.15, 0.2) is 6.10 Å². The predicted octanol–water partition coefficient (Wildman–Crippen LogP) is 7.69. The van der Waals surface area contributed by atoms with E-state index in [1.165, 1.54) is 90.6 Å². The number of rotatable bonds is 20. The van der Waals surface area contributed by atoms with Crippen molar-refractivity contribution in [2.45, 2.75) is 116 Å². The maximum absolute atomic E-state index is 12.2. The summed E-state index contributed by atoms with van der Waals surface area (Å²) in [6.07, 6.45) is 18.6. The fraction of sp³-hybridized carbons (Fsp3) is 0.714. The van der Waals surface area contributed by atoms with E-state index in [2.05, 4.69) is 17.0 Å². The van der Waals surface area contributed by atoms with Crippen LogP contribution in [-0.4, -0.2) is 31.7 Å². The lowest BCUT2D eigenvalue weighted by Crippen LogP contribution is -2.27. The van der Waals surface area contributed by atoms with Gasteiger partial charge in [-0.3, -0.25) is 0 Å². The highest BCUT2D eigenvalue weighted by Crippen LogP contribution is 2.15. The Morgan fingerprint density at radius 1 is 0.758 bits per heavy atom. The monoisotopic (exact) mass is 461 g/mol. The number of ether oxygens (including phenoxy) is 2. The zero-order chi connectivity index (χ0) is 24.2. The lowest BCUT2D eigenvalue weighted by Gasteiger charge is -2.14. The molecule has 1 unspecified atom stereocenters. The Bertz CT molecular complexity index is 629. The second-order valence-corrected chi connectivity index (χ2v) is 8.93. The van der Waals surface area contributed by atoms with Crippen molar-refractivity contribution in [2.75, 3.05) is 19.0 Å². The molecule has 0 radical (unpaired) electrons. The molecule has 0 aliphatic heterocycles. The normalized spacial score (nSPS) is 11.7. The molecule has 0 aliphatic carbocycles. The highest BCUT2D eigenvalue weighted by atomic mass is 16.6. The molecule has 5 nitrogen and oxygen atoms in total. The first-order chi connectivity index (χ1) is 16.1. The van der Waals surface area contributed by atoms with Crippen LogP contribution in [0.4, 0.5) is 5.69 Å². The summed E-state index contributed by atoms with van der Waals surface area (Å²) in [6.45, 7) is 4.98. The molecule has 0 saturated heterocycles. The van der Waals surface area contributed by atoms with Crippen molar-refractivity contribution in [1.82, 2.24) is 0 Å². The number of nitrogens with one attached hydrogen (secondary N) is 1. The average Bonchev–Trinajstić information content (AvgIpc) is 2.84. The van der Waals surface area contributed by atoms with E-state index < -0.39 is 18.0 Å². The van der Waals surface area contributed by atoms with Crippen LogP contribution in [0.2, 0.25) is 0 Å².